The number of aryl methyl sites for hydroxylation is 1. The molecule has 3 aliphatic heterocycles. The van der Waals surface area contributed by atoms with Gasteiger partial charge in [0.05, 0.1) is 34.1 Å². The molecule has 3 aliphatic rings. The van der Waals surface area contributed by atoms with Crippen LogP contribution in [-0.2, 0) is 30.5 Å². The first-order valence-corrected chi connectivity index (χ1v) is 31.8. The van der Waals surface area contributed by atoms with E-state index in [4.69, 9.17) is 39.4 Å². The number of hydrogen-bond acceptors (Lipinski definition) is 24. The summed E-state index contributed by atoms with van der Waals surface area (Å²) >= 11 is 7.08. The van der Waals surface area contributed by atoms with Gasteiger partial charge in [-0.3, -0.25) is 29.3 Å². The Morgan fingerprint density at radius 3 is 2.20 bits per heavy atom. The molecule has 8 atom stereocenters. The van der Waals surface area contributed by atoms with Gasteiger partial charge in [-0.2, -0.15) is 0 Å². The van der Waals surface area contributed by atoms with Gasteiger partial charge >= 0.3 is 6.03 Å². The van der Waals surface area contributed by atoms with Gasteiger partial charge in [-0.1, -0.05) is 13.8 Å². The predicted octanol–water partition coefficient (Wildman–Crippen LogP) is 6.52. The molecule has 0 aromatic carbocycles. The van der Waals surface area contributed by atoms with Crippen LogP contribution in [-0.4, -0.2) is 143 Å². The van der Waals surface area contributed by atoms with Crippen LogP contribution in [0, 0.1) is 12.8 Å². The summed E-state index contributed by atoms with van der Waals surface area (Å²) in [4.78, 5) is 137. The normalized spacial score (nSPS) is 20.9. The third-order valence-electron chi connectivity index (χ3n) is 13.7. The highest BCUT2D eigenvalue weighted by Crippen LogP contribution is 2.40. The predicted molar refractivity (Wildman–Crippen MR) is 318 cm³/mol. The fourth-order valence-electron chi connectivity index (χ4n) is 9.49. The van der Waals surface area contributed by atoms with Gasteiger partial charge in [-0.25, -0.2) is 44.7 Å². The summed E-state index contributed by atoms with van der Waals surface area (Å²) in [6.45, 7) is 9.46. The first-order chi connectivity index (χ1) is 39.8. The summed E-state index contributed by atoms with van der Waals surface area (Å²) in [5, 5.41) is 33.4. The molecule has 8 unspecified atom stereocenters. The smallest absolute Gasteiger partial charge is 0.322 e. The highest BCUT2D eigenvalue weighted by molar-refractivity contribution is 7.17. The van der Waals surface area contributed by atoms with Crippen LogP contribution < -0.4 is 26.6 Å². The minimum Gasteiger partial charge on any atom is -0.473 e. The lowest BCUT2D eigenvalue weighted by Gasteiger charge is -2.24. The van der Waals surface area contributed by atoms with Crippen molar-refractivity contribution in [3.05, 3.63) is 81.2 Å². The van der Waals surface area contributed by atoms with E-state index in [-0.39, 0.29) is 76.3 Å². The summed E-state index contributed by atoms with van der Waals surface area (Å²) in [5.74, 6) is -5.68. The number of hydrogen-bond donors (Lipinski definition) is 6. The monoisotopic (exact) mass is 1260 g/mol. The SMILES string of the molecule is CNC(=O)C1NC(=O)c2nc(sc2COC)C(C(C)C)NC(=O)c2csc(n2)-c2ccc(-c3nc(C4=NC(C(=O)N5CCCC5C)CO4)cs3)nc2-c2csc(n2)-c2csc(n2)C(C(O)P)NC(=O)NC(=O)c2nc(sc2C)C1CC(C)=O. The number of nitrogens with zero attached hydrogens (tertiary/aromatic N) is 9. The van der Waals surface area contributed by atoms with Crippen LogP contribution in [0.2, 0.25) is 0 Å². The third-order valence-corrected chi connectivity index (χ3v) is 19.8. The molecule has 10 heterocycles. The van der Waals surface area contributed by atoms with Gasteiger partial charge in [-0.15, -0.1) is 77.3 Å². The maximum atomic E-state index is 14.5. The summed E-state index contributed by atoms with van der Waals surface area (Å²) in [7, 11) is 5.04. The maximum Gasteiger partial charge on any atom is 0.322 e. The van der Waals surface area contributed by atoms with Crippen molar-refractivity contribution < 1.29 is 48.1 Å². The number of aliphatic hydroxyl groups is 1. The van der Waals surface area contributed by atoms with Crippen molar-refractivity contribution in [3.63, 3.8) is 0 Å². The van der Waals surface area contributed by atoms with E-state index in [2.05, 4.69) is 45.8 Å². The van der Waals surface area contributed by atoms with Gasteiger partial charge < -0.3 is 45.5 Å². The van der Waals surface area contributed by atoms with Gasteiger partial charge in [0, 0.05) is 71.0 Å². The molecule has 7 aromatic rings. The van der Waals surface area contributed by atoms with E-state index in [0.717, 1.165) is 46.9 Å². The maximum absolute atomic E-state index is 14.5. The number of rotatable bonds is 10. The number of fused-ring (bicyclic) bond motifs is 14. The van der Waals surface area contributed by atoms with Crippen LogP contribution in [0.25, 0.3) is 43.4 Å². The largest absolute Gasteiger partial charge is 0.473 e. The van der Waals surface area contributed by atoms with Crippen LogP contribution in [0.1, 0.15) is 127 Å². The summed E-state index contributed by atoms with van der Waals surface area (Å²) in [6, 6.07) is -1.20. The molecule has 24 nitrogen and oxygen atoms in total. The van der Waals surface area contributed by atoms with Crippen molar-refractivity contribution in [3.8, 4) is 43.4 Å². The number of carbonyl (C=O) groups is 7. The molecule has 31 heteroatoms. The molecule has 10 rings (SSSR count). The Bertz CT molecular complexity index is 3700. The number of amides is 7. The molecule has 10 bridgehead atoms. The number of urea groups is 1. The molecule has 434 valence electrons. The van der Waals surface area contributed by atoms with Crippen molar-refractivity contribution in [2.45, 2.75) is 102 Å². The third kappa shape index (κ3) is 12.7. The minimum absolute atomic E-state index is 0.0563. The highest BCUT2D eigenvalue weighted by Gasteiger charge is 2.39. The van der Waals surface area contributed by atoms with Crippen molar-refractivity contribution in [2.75, 3.05) is 27.3 Å². The van der Waals surface area contributed by atoms with Crippen LogP contribution in [0.5, 0.6) is 0 Å². The molecule has 0 spiro atoms. The number of likely N-dealkylation sites (tertiary alicyclic amines) is 1. The quantitative estimate of drug-likeness (QED) is 0.0794. The van der Waals surface area contributed by atoms with Gasteiger partial charge in [0.2, 0.25) is 11.8 Å². The lowest BCUT2D eigenvalue weighted by Crippen LogP contribution is -2.50. The Balaban J connectivity index is 1.03. The van der Waals surface area contributed by atoms with E-state index >= 15 is 0 Å². The number of methoxy groups -OCH3 is 1. The van der Waals surface area contributed by atoms with E-state index < -0.39 is 65.6 Å². The van der Waals surface area contributed by atoms with E-state index in [1.165, 1.54) is 55.1 Å². The van der Waals surface area contributed by atoms with Crippen molar-refractivity contribution >= 4 is 125 Å². The van der Waals surface area contributed by atoms with E-state index in [9.17, 15) is 38.7 Å². The molecule has 7 aromatic heterocycles. The summed E-state index contributed by atoms with van der Waals surface area (Å²) in [6.07, 6.45) is 1.61. The summed E-state index contributed by atoms with van der Waals surface area (Å²) in [5.41, 5.74) is 2.56. The second-order valence-electron chi connectivity index (χ2n) is 19.9. The highest BCUT2D eigenvalue weighted by atomic mass is 32.1. The standard InChI is InChI=1S/C52H55N14O10PS6/c1-20(2)33-49-63-37(32(83-49)15-75-7)42(71)61-36(40(69)53-6)25(13-22(4)67)45-62-34(23(5)82-45)41(70)65-52(74)64-38(51(73)77)48-59-31(19-81-48)47-56-28(16-79-47)35-24(44-57-29(17-78-44)39(68)60-33)10-11-26(54-35)46-58-30(18-80-46)43-55-27(14-76-43)50(72)66-12-8-9-21(66)3/h10-11,16-21,25,27,33,36,38,51,73H,8-9,12-15,77H2,1-7H3,(H,53,69)(H,60,68)(H,61,71)(H2,64,65,70,74). The van der Waals surface area contributed by atoms with Crippen molar-refractivity contribution in [1.29, 1.82) is 0 Å². The molecule has 1 fully saturated rings. The minimum atomic E-state index is -1.42. The van der Waals surface area contributed by atoms with Gasteiger partial charge in [-0.05, 0) is 51.7 Å². The fraction of sp³-hybridized carbons (Fsp3) is 0.404. The van der Waals surface area contributed by atoms with Crippen molar-refractivity contribution in [1.82, 2.24) is 66.4 Å². The van der Waals surface area contributed by atoms with Gasteiger partial charge in [0.25, 0.3) is 23.6 Å². The molecule has 83 heavy (non-hydrogen) atoms. The van der Waals surface area contributed by atoms with Crippen molar-refractivity contribution in [2.24, 2.45) is 10.9 Å². The number of Topliss-reactive ketones (excluding diaryl/α,β-unsaturated/α-hetero) is 1. The lowest BCUT2D eigenvalue weighted by atomic mass is 9.93. The number of aromatic nitrogens is 7. The van der Waals surface area contributed by atoms with Gasteiger partial charge in [0.1, 0.15) is 89.4 Å². The second kappa shape index (κ2) is 25.2. The number of pyridine rings is 1. The zero-order valence-electron chi connectivity index (χ0n) is 45.5. The first-order valence-electron chi connectivity index (χ1n) is 26.0. The average molecular weight is 1260 g/mol. The van der Waals surface area contributed by atoms with Crippen LogP contribution in [0.15, 0.2) is 38.6 Å². The Morgan fingerprint density at radius 1 is 0.795 bits per heavy atom. The van der Waals surface area contributed by atoms with Crippen LogP contribution in [0.4, 0.5) is 4.79 Å². The van der Waals surface area contributed by atoms with E-state index in [1.807, 2.05) is 31.7 Å². The molecule has 7 amide bonds. The van der Waals surface area contributed by atoms with Crippen LogP contribution in [0.3, 0.4) is 0 Å². The number of thiazole rings is 6. The Kier molecular flexibility index (Phi) is 18.0. The number of imide groups is 1. The first kappa shape index (κ1) is 59.4. The number of likely N-dealkylation sites (N-methyl/N-ethyl adjacent to an activating group) is 1. The molecule has 0 radical (unpaired) electrons. The number of carbonyl (C=O) groups excluding carboxylic acids is 7. The topological polar surface area (TPSA) is 324 Å². The fourth-order valence-corrected chi connectivity index (χ4v) is 15.5. The molecular weight excluding hydrogens is 1200 g/mol. The molecule has 0 aliphatic carbocycles. The van der Waals surface area contributed by atoms with E-state index in [1.54, 1.807) is 34.5 Å². The molecular formula is C52H55N14O10PS6. The number of nitrogens with one attached hydrogen (secondary N) is 5. The van der Waals surface area contributed by atoms with Gasteiger partial charge in [0.15, 0.2) is 6.04 Å². The molecule has 1 saturated heterocycles. The zero-order chi connectivity index (χ0) is 59.0. The molecule has 0 saturated carbocycles. The summed E-state index contributed by atoms with van der Waals surface area (Å²) < 4.78 is 11.4. The number of aliphatic hydroxyl groups excluding tert-OH is 1. The van der Waals surface area contributed by atoms with E-state index in [0.29, 0.717) is 70.4 Å². The second-order valence-corrected chi connectivity index (χ2v) is 26.4. The number of ketones is 1. The zero-order valence-corrected chi connectivity index (χ0v) is 51.6. The lowest BCUT2D eigenvalue weighted by molar-refractivity contribution is -0.133. The van der Waals surface area contributed by atoms with Crippen LogP contribution >= 0.6 is 77.3 Å². The Morgan fingerprint density at radius 2 is 1.49 bits per heavy atom. The molecule has 6 N–H and O–H groups in total. The Labute approximate surface area is 501 Å². The average Bonchev–Trinajstić information content (AvgIpc) is 3.37. The number of ether oxygens (including phenoxy) is 2. The Hall–Kier alpha value is -6.76. The number of aliphatic imine (C=N–C) groups is 1.